The second kappa shape index (κ2) is 8.73. The first-order chi connectivity index (χ1) is 13.2. The number of carbonyl (C=O) groups excluding carboxylic acids is 1. The molecule has 29 heavy (non-hydrogen) atoms. The van der Waals surface area contributed by atoms with Gasteiger partial charge in [-0.1, -0.05) is 20.8 Å². The number of carbonyl (C=O) groups is 1. The van der Waals surface area contributed by atoms with Crippen molar-refractivity contribution in [1.29, 1.82) is 0 Å². The van der Waals surface area contributed by atoms with Crippen molar-refractivity contribution in [2.24, 2.45) is 46.3 Å². The summed E-state index contributed by atoms with van der Waals surface area (Å²) in [7, 11) is 0. The molecule has 0 unspecified atom stereocenters. The van der Waals surface area contributed by atoms with Crippen LogP contribution in [0.5, 0.6) is 0 Å². The van der Waals surface area contributed by atoms with Gasteiger partial charge in [0.15, 0.2) is 0 Å². The molecule has 0 amide bonds. The Balaban J connectivity index is 0.00000240. The maximum Gasteiger partial charge on any atom is 1.00 e. The van der Waals surface area contributed by atoms with Gasteiger partial charge in [0.05, 0.1) is 12.2 Å². The summed E-state index contributed by atoms with van der Waals surface area (Å²) in [4.78, 5) is 10.9. The Kier molecular flexibility index (Phi) is 7.24. The van der Waals surface area contributed by atoms with E-state index in [1.807, 2.05) is 0 Å². The zero-order valence-corrected chi connectivity index (χ0v) is 20.9. The number of hydrogen-bond donors (Lipinski definition) is 2. The van der Waals surface area contributed by atoms with E-state index in [0.717, 1.165) is 32.1 Å². The molecule has 0 aromatic heterocycles. The van der Waals surface area contributed by atoms with Gasteiger partial charge in [-0.15, -0.1) is 0 Å². The Hall–Kier alpha value is 0.390. The van der Waals surface area contributed by atoms with Gasteiger partial charge in [-0.3, -0.25) is 0 Å². The van der Waals surface area contributed by atoms with Crippen LogP contribution in [0.2, 0.25) is 0 Å². The number of aliphatic hydroxyl groups excluding tert-OH is 2. The quantitative estimate of drug-likeness (QED) is 0.642. The van der Waals surface area contributed by atoms with Crippen LogP contribution in [-0.4, -0.2) is 28.4 Å². The van der Waals surface area contributed by atoms with Gasteiger partial charge in [0.1, 0.15) is 0 Å². The van der Waals surface area contributed by atoms with Crippen molar-refractivity contribution in [3.05, 3.63) is 0 Å². The molecule has 0 heterocycles. The van der Waals surface area contributed by atoms with Gasteiger partial charge in [-0.2, -0.15) is 0 Å². The minimum absolute atomic E-state index is 0. The minimum atomic E-state index is -0.927. The molecule has 2 N–H and O–H groups in total. The summed E-state index contributed by atoms with van der Waals surface area (Å²) in [6.07, 6.45) is 8.88. The van der Waals surface area contributed by atoms with Gasteiger partial charge >= 0.3 is 29.6 Å². The van der Waals surface area contributed by atoms with Crippen molar-refractivity contribution in [2.75, 3.05) is 0 Å². The minimum Gasteiger partial charge on any atom is -0.550 e. The maximum absolute atomic E-state index is 11.1. The van der Waals surface area contributed by atoms with Crippen LogP contribution in [-0.2, 0) is 4.79 Å². The van der Waals surface area contributed by atoms with E-state index in [1.165, 1.54) is 25.7 Å². The molecule has 0 aromatic rings. The number of carboxylic acids is 1. The normalized spacial score (nSPS) is 49.9. The van der Waals surface area contributed by atoms with E-state index >= 15 is 0 Å². The molecule has 0 aromatic carbocycles. The number of aliphatic hydroxyl groups is 2. The summed E-state index contributed by atoms with van der Waals surface area (Å²) in [6.45, 7) is 7.11. The average Bonchev–Trinajstić information content (AvgIpc) is 2.99. The van der Waals surface area contributed by atoms with Gasteiger partial charge in [0.2, 0.25) is 0 Å². The van der Waals surface area contributed by atoms with Crippen LogP contribution in [0.15, 0.2) is 0 Å². The molecule has 0 bridgehead atoms. The van der Waals surface area contributed by atoms with Crippen molar-refractivity contribution >= 4 is 5.97 Å². The van der Waals surface area contributed by atoms with E-state index in [9.17, 15) is 20.1 Å². The molecule has 4 saturated carbocycles. The van der Waals surface area contributed by atoms with Crippen LogP contribution in [0.1, 0.15) is 85.0 Å². The van der Waals surface area contributed by atoms with Crippen LogP contribution in [0.25, 0.3) is 0 Å². The van der Waals surface area contributed by atoms with Gasteiger partial charge < -0.3 is 20.1 Å². The van der Waals surface area contributed by atoms with E-state index in [1.54, 1.807) is 0 Å². The number of carboxylic acid groups (broad SMARTS) is 1. The molecule has 10 atom stereocenters. The zero-order valence-electron chi connectivity index (χ0n) is 18.9. The molecular weight excluding hydrogens is 375 g/mol. The molecule has 0 aliphatic heterocycles. The third-order valence-corrected chi connectivity index (χ3v) is 10.2. The fraction of sp³-hybridized carbons (Fsp3) is 0.958. The molecule has 4 fully saturated rings. The summed E-state index contributed by atoms with van der Waals surface area (Å²) < 4.78 is 0. The summed E-state index contributed by atoms with van der Waals surface area (Å²) >= 11 is 0. The van der Waals surface area contributed by atoms with Crippen LogP contribution < -0.4 is 34.7 Å². The largest absolute Gasteiger partial charge is 1.00 e. The average molecular weight is 415 g/mol. The van der Waals surface area contributed by atoms with Gasteiger partial charge in [-0.05, 0) is 111 Å². The predicted molar refractivity (Wildman–Crippen MR) is 106 cm³/mol. The first-order valence-corrected chi connectivity index (χ1v) is 11.7. The second-order valence-corrected chi connectivity index (χ2v) is 11.3. The second-order valence-electron chi connectivity index (χ2n) is 11.3. The number of rotatable bonds is 4. The Morgan fingerprint density at radius 2 is 1.66 bits per heavy atom. The van der Waals surface area contributed by atoms with Crippen molar-refractivity contribution in [1.82, 2.24) is 0 Å². The fourth-order valence-electron chi connectivity index (χ4n) is 8.80. The molecule has 0 saturated heterocycles. The van der Waals surface area contributed by atoms with Crippen LogP contribution in [0.4, 0.5) is 0 Å². The first-order valence-electron chi connectivity index (χ1n) is 11.7. The monoisotopic (exact) mass is 414 g/mol. The van der Waals surface area contributed by atoms with E-state index in [-0.39, 0.29) is 64.9 Å². The predicted octanol–water partition coefficient (Wildman–Crippen LogP) is 0.147. The Morgan fingerprint density at radius 1 is 1.00 bits per heavy atom. The van der Waals surface area contributed by atoms with Gasteiger partial charge in [0, 0.05) is 5.97 Å². The van der Waals surface area contributed by atoms with Crippen molar-refractivity contribution in [3.8, 4) is 0 Å². The standard InChI is InChI=1S/C24H40O4.Na/c1-14(4-7-22(27)28)17-5-6-18-16-13-21(26)20-12-15(25)8-10-24(20,3)19(16)9-11-23(17,18)2;/h14-21,25-26H,4-13H2,1-3H3,(H,27,28);/q;+1/p-1/t14-,15-,16+,17-,18+,19-,20+,21+,23-,24-;/m1./s1. The third kappa shape index (κ3) is 3.99. The summed E-state index contributed by atoms with van der Waals surface area (Å²) in [5, 5.41) is 32.2. The topological polar surface area (TPSA) is 80.6 Å². The molecule has 0 radical (unpaired) electrons. The van der Waals surface area contributed by atoms with Crippen LogP contribution in [0, 0.1) is 46.3 Å². The number of fused-ring (bicyclic) bond motifs is 5. The summed E-state index contributed by atoms with van der Waals surface area (Å²) in [5.74, 6) is 2.25. The van der Waals surface area contributed by atoms with E-state index < -0.39 is 5.97 Å². The Bertz CT molecular complexity index is 612. The number of aliphatic carboxylic acids is 1. The molecule has 160 valence electrons. The van der Waals surface area contributed by atoms with Crippen LogP contribution >= 0.6 is 0 Å². The van der Waals surface area contributed by atoms with E-state index in [2.05, 4.69) is 20.8 Å². The van der Waals surface area contributed by atoms with Crippen molar-refractivity contribution < 1.29 is 49.7 Å². The molecule has 4 nitrogen and oxygen atoms in total. The fourth-order valence-corrected chi connectivity index (χ4v) is 8.80. The number of hydrogen-bond acceptors (Lipinski definition) is 4. The Labute approximate surface area is 198 Å². The van der Waals surface area contributed by atoms with E-state index in [4.69, 9.17) is 0 Å². The zero-order chi connectivity index (χ0) is 20.3. The molecular formula is C24H39NaO4. The molecule has 5 heteroatoms. The van der Waals surface area contributed by atoms with E-state index in [0.29, 0.717) is 29.6 Å². The Morgan fingerprint density at radius 3 is 2.34 bits per heavy atom. The summed E-state index contributed by atoms with van der Waals surface area (Å²) in [6, 6.07) is 0. The molecule has 4 rings (SSSR count). The smallest absolute Gasteiger partial charge is 0.550 e. The SMILES string of the molecule is C[C@H](CCC(=O)[O-])[C@H]1CC[C@H]2[C@@H]3C[C@H](O)[C@@H]4C[C@H](O)CC[C@]4(C)[C@@H]3CC[C@]12C.[Na+]. The van der Waals surface area contributed by atoms with Crippen molar-refractivity contribution in [2.45, 2.75) is 97.2 Å². The van der Waals surface area contributed by atoms with Gasteiger partial charge in [-0.25, -0.2) is 0 Å². The van der Waals surface area contributed by atoms with Gasteiger partial charge in [0.25, 0.3) is 0 Å². The third-order valence-electron chi connectivity index (χ3n) is 10.2. The molecule has 0 spiro atoms. The molecule has 4 aliphatic carbocycles. The first kappa shape index (κ1) is 24.0. The van der Waals surface area contributed by atoms with Crippen LogP contribution in [0.3, 0.4) is 0 Å². The maximum atomic E-state index is 11.1. The van der Waals surface area contributed by atoms with Crippen molar-refractivity contribution in [3.63, 3.8) is 0 Å². The summed E-state index contributed by atoms with van der Waals surface area (Å²) in [5.41, 5.74) is 0.450. The molecule has 4 aliphatic rings.